The Kier molecular flexibility index (Phi) is 4.96. The van der Waals surface area contributed by atoms with Crippen molar-refractivity contribution in [1.82, 2.24) is 15.2 Å². The van der Waals surface area contributed by atoms with Crippen LogP contribution in [0.2, 0.25) is 0 Å². The summed E-state index contributed by atoms with van der Waals surface area (Å²) in [6.45, 7) is 0.645. The van der Waals surface area contributed by atoms with Gasteiger partial charge in [-0.1, -0.05) is 42.5 Å². The van der Waals surface area contributed by atoms with E-state index >= 15 is 0 Å². The molecule has 0 amide bonds. The van der Waals surface area contributed by atoms with E-state index < -0.39 is 0 Å². The van der Waals surface area contributed by atoms with Gasteiger partial charge in [-0.15, -0.1) is 10.2 Å². The molecule has 0 aliphatic heterocycles. The number of halogens is 1. The first-order valence-corrected chi connectivity index (χ1v) is 7.69. The van der Waals surface area contributed by atoms with Gasteiger partial charge in [0, 0.05) is 13.0 Å². The smallest absolute Gasteiger partial charge is 0.274 e. The number of aromatic amines is 1. The molecule has 0 fully saturated rings. The van der Waals surface area contributed by atoms with Gasteiger partial charge in [-0.05, 0) is 29.7 Å². The predicted molar refractivity (Wildman–Crippen MR) is 90.5 cm³/mol. The number of nitrogens with zero attached hydrogens (tertiary/aromatic N) is 2. The maximum atomic E-state index is 12.9. The first-order chi connectivity index (χ1) is 11.7. The second kappa shape index (κ2) is 7.50. The highest BCUT2D eigenvalue weighted by Gasteiger charge is 2.06. The number of hydrogen-bond donors (Lipinski definition) is 2. The fourth-order valence-electron chi connectivity index (χ4n) is 2.32. The lowest BCUT2D eigenvalue weighted by Gasteiger charge is -2.06. The monoisotopic (exact) mass is 324 g/mol. The Labute approximate surface area is 138 Å². The third-order valence-electron chi connectivity index (χ3n) is 3.60. The van der Waals surface area contributed by atoms with E-state index in [1.807, 2.05) is 30.3 Å². The number of hydrogen-bond acceptors (Lipinski definition) is 4. The van der Waals surface area contributed by atoms with E-state index in [0.717, 1.165) is 12.0 Å². The molecule has 2 N–H and O–H groups in total. The summed E-state index contributed by atoms with van der Waals surface area (Å²) in [4.78, 5) is 14.8. The van der Waals surface area contributed by atoms with Crippen LogP contribution in [0.15, 0.2) is 59.4 Å². The molecular formula is C18H17FN4O. The summed E-state index contributed by atoms with van der Waals surface area (Å²) >= 11 is 0. The Morgan fingerprint density at radius 2 is 1.71 bits per heavy atom. The van der Waals surface area contributed by atoms with Gasteiger partial charge in [0.25, 0.3) is 5.56 Å². The van der Waals surface area contributed by atoms with Gasteiger partial charge in [-0.3, -0.25) is 9.78 Å². The number of H-pyrrole nitrogens is 1. The van der Waals surface area contributed by atoms with E-state index in [2.05, 4.69) is 20.5 Å². The molecular weight excluding hydrogens is 307 g/mol. The second-order valence-electron chi connectivity index (χ2n) is 5.42. The fraction of sp³-hybridized carbons (Fsp3) is 0.167. The molecule has 2 aromatic carbocycles. The van der Waals surface area contributed by atoms with Crippen molar-refractivity contribution in [2.45, 2.75) is 12.8 Å². The van der Waals surface area contributed by atoms with Gasteiger partial charge in [0.1, 0.15) is 11.5 Å². The zero-order chi connectivity index (χ0) is 16.8. The number of nitrogens with one attached hydrogen (secondary N) is 2. The Morgan fingerprint density at radius 3 is 2.42 bits per heavy atom. The fourth-order valence-corrected chi connectivity index (χ4v) is 2.32. The summed E-state index contributed by atoms with van der Waals surface area (Å²) in [5, 5.41) is 11.0. The van der Waals surface area contributed by atoms with Crippen LogP contribution in [0.1, 0.15) is 16.8 Å². The summed E-state index contributed by atoms with van der Waals surface area (Å²) in [5.41, 5.74) is 2.01. The maximum absolute atomic E-state index is 12.9. The first-order valence-electron chi connectivity index (χ1n) is 7.69. The zero-order valence-corrected chi connectivity index (χ0v) is 13.0. The molecule has 3 aromatic rings. The largest absolute Gasteiger partial charge is 0.354 e. The Hall–Kier alpha value is -3.02. The summed E-state index contributed by atoms with van der Waals surface area (Å²) in [7, 11) is 0. The van der Waals surface area contributed by atoms with Crippen LogP contribution in [0.4, 0.5) is 10.3 Å². The Morgan fingerprint density at radius 1 is 0.958 bits per heavy atom. The third-order valence-corrected chi connectivity index (χ3v) is 3.60. The Bertz CT molecular complexity index is 847. The summed E-state index contributed by atoms with van der Waals surface area (Å²) in [5.74, 6) is 0.0375. The minimum Gasteiger partial charge on any atom is -0.354 e. The van der Waals surface area contributed by atoms with E-state index in [9.17, 15) is 9.18 Å². The molecule has 1 aromatic heterocycles. The molecule has 3 rings (SSSR count). The summed E-state index contributed by atoms with van der Waals surface area (Å²) in [6, 6.07) is 16.0. The van der Waals surface area contributed by atoms with Gasteiger partial charge in [0.2, 0.25) is 5.95 Å². The lowest BCUT2D eigenvalue weighted by Crippen LogP contribution is -2.20. The van der Waals surface area contributed by atoms with Crippen LogP contribution < -0.4 is 10.9 Å². The average Bonchev–Trinajstić information content (AvgIpc) is 2.60. The third kappa shape index (κ3) is 4.25. The summed E-state index contributed by atoms with van der Waals surface area (Å²) in [6.07, 6.45) is 1.13. The van der Waals surface area contributed by atoms with E-state index in [0.29, 0.717) is 24.6 Å². The molecule has 0 saturated heterocycles. The van der Waals surface area contributed by atoms with Crippen LogP contribution in [0, 0.1) is 5.82 Å². The minimum absolute atomic E-state index is 0.295. The topological polar surface area (TPSA) is 70.7 Å². The van der Waals surface area contributed by atoms with Crippen LogP contribution in [-0.4, -0.2) is 21.7 Å². The molecule has 0 spiro atoms. The van der Waals surface area contributed by atoms with Gasteiger partial charge < -0.3 is 5.32 Å². The number of anilines is 1. The van der Waals surface area contributed by atoms with Crippen LogP contribution in [-0.2, 0) is 12.8 Å². The SMILES string of the molecule is O=c1[nH]c(NCCc2ccccc2)nnc1Cc1ccc(F)cc1. The van der Waals surface area contributed by atoms with Crippen molar-refractivity contribution >= 4 is 5.95 Å². The molecule has 0 bridgehead atoms. The molecule has 0 aliphatic rings. The molecule has 122 valence electrons. The molecule has 0 unspecified atom stereocenters. The Balaban J connectivity index is 1.60. The van der Waals surface area contributed by atoms with Gasteiger partial charge in [-0.2, -0.15) is 0 Å². The predicted octanol–water partition coefficient (Wildman–Crippen LogP) is 2.55. The average molecular weight is 324 g/mol. The highest BCUT2D eigenvalue weighted by Crippen LogP contribution is 2.06. The van der Waals surface area contributed by atoms with E-state index in [4.69, 9.17) is 0 Å². The molecule has 0 radical (unpaired) electrons. The molecule has 24 heavy (non-hydrogen) atoms. The normalized spacial score (nSPS) is 10.5. The molecule has 0 saturated carbocycles. The molecule has 1 heterocycles. The number of aromatic nitrogens is 3. The highest BCUT2D eigenvalue weighted by atomic mass is 19.1. The lowest BCUT2D eigenvalue weighted by atomic mass is 10.1. The molecule has 6 heteroatoms. The van der Waals surface area contributed by atoms with Crippen LogP contribution in [0.25, 0.3) is 0 Å². The summed E-state index contributed by atoms with van der Waals surface area (Å²) < 4.78 is 12.9. The van der Waals surface area contributed by atoms with Crippen molar-refractivity contribution in [3.63, 3.8) is 0 Å². The molecule has 5 nitrogen and oxygen atoms in total. The van der Waals surface area contributed by atoms with Crippen LogP contribution >= 0.6 is 0 Å². The molecule has 0 aliphatic carbocycles. The zero-order valence-electron chi connectivity index (χ0n) is 13.0. The van der Waals surface area contributed by atoms with Crippen molar-refractivity contribution in [3.05, 3.63) is 87.6 Å². The number of benzene rings is 2. The minimum atomic E-state index is -0.309. The van der Waals surface area contributed by atoms with E-state index in [-0.39, 0.29) is 11.4 Å². The van der Waals surface area contributed by atoms with Crippen molar-refractivity contribution in [2.75, 3.05) is 11.9 Å². The van der Waals surface area contributed by atoms with E-state index in [1.165, 1.54) is 17.7 Å². The second-order valence-corrected chi connectivity index (χ2v) is 5.42. The van der Waals surface area contributed by atoms with Crippen LogP contribution in [0.5, 0.6) is 0 Å². The first kappa shape index (κ1) is 15.9. The molecule has 0 atom stereocenters. The van der Waals surface area contributed by atoms with Gasteiger partial charge >= 0.3 is 0 Å². The van der Waals surface area contributed by atoms with Crippen molar-refractivity contribution in [1.29, 1.82) is 0 Å². The lowest BCUT2D eigenvalue weighted by molar-refractivity contribution is 0.627. The van der Waals surface area contributed by atoms with Crippen molar-refractivity contribution in [2.24, 2.45) is 0 Å². The maximum Gasteiger partial charge on any atom is 0.274 e. The standard InChI is InChI=1S/C18H17FN4O/c19-15-8-6-14(7-9-15)12-16-17(24)21-18(23-22-16)20-11-10-13-4-2-1-3-5-13/h1-9H,10-12H2,(H2,20,21,23,24). The highest BCUT2D eigenvalue weighted by molar-refractivity contribution is 5.25. The number of rotatable bonds is 6. The van der Waals surface area contributed by atoms with E-state index in [1.54, 1.807) is 12.1 Å². The van der Waals surface area contributed by atoms with Gasteiger partial charge in [-0.25, -0.2) is 4.39 Å². The van der Waals surface area contributed by atoms with Crippen LogP contribution in [0.3, 0.4) is 0 Å². The van der Waals surface area contributed by atoms with Gasteiger partial charge in [0.15, 0.2) is 0 Å². The van der Waals surface area contributed by atoms with Crippen molar-refractivity contribution < 1.29 is 4.39 Å². The quantitative estimate of drug-likeness (QED) is 0.731. The van der Waals surface area contributed by atoms with Gasteiger partial charge in [0.05, 0.1) is 0 Å². The van der Waals surface area contributed by atoms with Crippen molar-refractivity contribution in [3.8, 4) is 0 Å².